The Bertz CT molecular complexity index is 1090. The summed E-state index contributed by atoms with van der Waals surface area (Å²) in [5.41, 5.74) is 2.28. The average molecular weight is 368 g/mol. The Hall–Kier alpha value is -3.28. The molecular formula is C21H20O6. The standard InChI is InChI=1S/C21H20O6/c1-11-8-12(2)18-17(9-11)27-20(21(19(18)23)26-13(3)22)14-6-7-15(24-4)16(10-14)25-5/h6-10H,1-5H3. The van der Waals surface area contributed by atoms with Crippen molar-refractivity contribution in [2.75, 3.05) is 14.2 Å². The Balaban J connectivity index is 2.37. The molecule has 27 heavy (non-hydrogen) atoms. The highest BCUT2D eigenvalue weighted by Crippen LogP contribution is 2.37. The molecule has 0 spiro atoms. The molecule has 0 atom stereocenters. The minimum Gasteiger partial charge on any atom is -0.493 e. The molecule has 140 valence electrons. The smallest absolute Gasteiger partial charge is 0.308 e. The Kier molecular flexibility index (Phi) is 4.90. The zero-order valence-corrected chi connectivity index (χ0v) is 15.8. The second-order valence-corrected chi connectivity index (χ2v) is 6.21. The van der Waals surface area contributed by atoms with E-state index in [4.69, 9.17) is 18.6 Å². The third-order valence-corrected chi connectivity index (χ3v) is 4.19. The van der Waals surface area contributed by atoms with Gasteiger partial charge in [-0.15, -0.1) is 0 Å². The highest BCUT2D eigenvalue weighted by atomic mass is 16.5. The molecule has 0 unspecified atom stereocenters. The summed E-state index contributed by atoms with van der Waals surface area (Å²) in [6.45, 7) is 4.98. The highest BCUT2D eigenvalue weighted by Gasteiger charge is 2.21. The highest BCUT2D eigenvalue weighted by molar-refractivity contribution is 5.87. The SMILES string of the molecule is COc1ccc(-c2oc3cc(C)cc(C)c3c(=O)c2OC(C)=O)cc1OC. The lowest BCUT2D eigenvalue weighted by Crippen LogP contribution is -2.14. The number of benzene rings is 2. The van der Waals surface area contributed by atoms with Crippen molar-refractivity contribution in [2.24, 2.45) is 0 Å². The van der Waals surface area contributed by atoms with Gasteiger partial charge in [-0.3, -0.25) is 9.59 Å². The minimum absolute atomic E-state index is 0.144. The van der Waals surface area contributed by atoms with Gasteiger partial charge in [-0.1, -0.05) is 6.07 Å². The maximum absolute atomic E-state index is 13.1. The van der Waals surface area contributed by atoms with Crippen molar-refractivity contribution < 1.29 is 23.4 Å². The van der Waals surface area contributed by atoms with Gasteiger partial charge in [0.05, 0.1) is 19.6 Å². The Morgan fingerprint density at radius 3 is 2.33 bits per heavy atom. The molecule has 0 amide bonds. The molecule has 0 fully saturated rings. The third-order valence-electron chi connectivity index (χ3n) is 4.19. The molecule has 1 heterocycles. The van der Waals surface area contributed by atoms with Crippen LogP contribution >= 0.6 is 0 Å². The van der Waals surface area contributed by atoms with Crippen molar-refractivity contribution in [3.8, 4) is 28.6 Å². The predicted molar refractivity (Wildman–Crippen MR) is 102 cm³/mol. The van der Waals surface area contributed by atoms with Crippen LogP contribution in [-0.4, -0.2) is 20.2 Å². The molecule has 0 aliphatic rings. The molecule has 1 aromatic heterocycles. The van der Waals surface area contributed by atoms with E-state index in [2.05, 4.69) is 0 Å². The van der Waals surface area contributed by atoms with Gasteiger partial charge >= 0.3 is 5.97 Å². The van der Waals surface area contributed by atoms with Crippen LogP contribution in [-0.2, 0) is 4.79 Å². The molecule has 2 aromatic carbocycles. The van der Waals surface area contributed by atoms with Crippen molar-refractivity contribution >= 4 is 16.9 Å². The Morgan fingerprint density at radius 1 is 1.00 bits per heavy atom. The van der Waals surface area contributed by atoms with Crippen LogP contribution in [0.1, 0.15) is 18.1 Å². The molecule has 0 saturated carbocycles. The maximum atomic E-state index is 13.1. The summed E-state index contributed by atoms with van der Waals surface area (Å²) in [4.78, 5) is 24.7. The lowest BCUT2D eigenvalue weighted by molar-refractivity contribution is -0.132. The molecule has 6 heteroatoms. The number of aryl methyl sites for hydroxylation is 2. The van der Waals surface area contributed by atoms with Crippen LogP contribution in [0.2, 0.25) is 0 Å². The molecule has 0 saturated heterocycles. The fraction of sp³-hybridized carbons (Fsp3) is 0.238. The van der Waals surface area contributed by atoms with Gasteiger partial charge in [0.1, 0.15) is 5.58 Å². The van der Waals surface area contributed by atoms with E-state index in [1.165, 1.54) is 21.1 Å². The van der Waals surface area contributed by atoms with Crippen LogP contribution in [0.25, 0.3) is 22.3 Å². The first-order valence-electron chi connectivity index (χ1n) is 8.34. The van der Waals surface area contributed by atoms with E-state index in [-0.39, 0.29) is 11.5 Å². The van der Waals surface area contributed by atoms with Crippen LogP contribution in [0.4, 0.5) is 0 Å². The lowest BCUT2D eigenvalue weighted by atomic mass is 10.0. The van der Waals surface area contributed by atoms with Crippen molar-refractivity contribution in [1.29, 1.82) is 0 Å². The second kappa shape index (κ2) is 7.15. The van der Waals surface area contributed by atoms with Crippen molar-refractivity contribution in [1.82, 2.24) is 0 Å². The Labute approximate surface area is 156 Å². The van der Waals surface area contributed by atoms with Crippen LogP contribution in [0.5, 0.6) is 17.2 Å². The van der Waals surface area contributed by atoms with Crippen molar-refractivity contribution in [3.05, 3.63) is 51.7 Å². The molecule has 0 aliphatic carbocycles. The number of rotatable bonds is 4. The first-order valence-corrected chi connectivity index (χ1v) is 8.34. The maximum Gasteiger partial charge on any atom is 0.308 e. The molecule has 0 radical (unpaired) electrons. The quantitative estimate of drug-likeness (QED) is 0.648. The predicted octanol–water partition coefficient (Wildman–Crippen LogP) is 4.02. The van der Waals surface area contributed by atoms with Gasteiger partial charge in [0.25, 0.3) is 0 Å². The summed E-state index contributed by atoms with van der Waals surface area (Å²) in [5, 5.41) is 0.390. The normalized spacial score (nSPS) is 10.7. The first-order chi connectivity index (χ1) is 12.8. The van der Waals surface area contributed by atoms with Gasteiger partial charge in [-0.25, -0.2) is 0 Å². The number of hydrogen-bond acceptors (Lipinski definition) is 6. The topological polar surface area (TPSA) is 75.0 Å². The van der Waals surface area contributed by atoms with Gasteiger partial charge in [0, 0.05) is 12.5 Å². The van der Waals surface area contributed by atoms with Crippen molar-refractivity contribution in [2.45, 2.75) is 20.8 Å². The first kappa shape index (κ1) is 18.5. The summed E-state index contributed by atoms with van der Waals surface area (Å²) in [6, 6.07) is 8.73. The number of carbonyl (C=O) groups is 1. The molecule has 6 nitrogen and oxygen atoms in total. The van der Waals surface area contributed by atoms with E-state index >= 15 is 0 Å². The lowest BCUT2D eigenvalue weighted by Gasteiger charge is -2.13. The minimum atomic E-state index is -0.604. The number of esters is 1. The van der Waals surface area contributed by atoms with Crippen LogP contribution < -0.4 is 19.6 Å². The summed E-state index contributed by atoms with van der Waals surface area (Å²) in [5.74, 6) is 0.410. The van der Waals surface area contributed by atoms with Crippen LogP contribution in [0.15, 0.2) is 39.5 Å². The van der Waals surface area contributed by atoms with E-state index in [1.54, 1.807) is 24.3 Å². The van der Waals surface area contributed by atoms with Gasteiger partial charge in [0.15, 0.2) is 17.3 Å². The number of hydrogen-bond donors (Lipinski definition) is 0. The third kappa shape index (κ3) is 3.38. The van der Waals surface area contributed by atoms with Gasteiger partial charge in [0.2, 0.25) is 11.2 Å². The summed E-state index contributed by atoms with van der Waals surface area (Å²) in [6.07, 6.45) is 0. The summed E-state index contributed by atoms with van der Waals surface area (Å²) >= 11 is 0. The average Bonchev–Trinajstić information content (AvgIpc) is 2.62. The fourth-order valence-corrected chi connectivity index (χ4v) is 3.08. The van der Waals surface area contributed by atoms with E-state index in [9.17, 15) is 9.59 Å². The van der Waals surface area contributed by atoms with Gasteiger partial charge < -0.3 is 18.6 Å². The van der Waals surface area contributed by atoms with E-state index in [1.807, 2.05) is 19.9 Å². The number of methoxy groups -OCH3 is 2. The molecular weight excluding hydrogens is 348 g/mol. The number of fused-ring (bicyclic) bond motifs is 1. The van der Waals surface area contributed by atoms with E-state index < -0.39 is 11.4 Å². The molecule has 0 aliphatic heterocycles. The van der Waals surface area contributed by atoms with E-state index in [0.717, 1.165) is 11.1 Å². The molecule has 0 bridgehead atoms. The number of carbonyl (C=O) groups excluding carboxylic acids is 1. The molecule has 3 rings (SSSR count). The molecule has 0 N–H and O–H groups in total. The largest absolute Gasteiger partial charge is 0.493 e. The zero-order chi connectivity index (χ0) is 19.7. The van der Waals surface area contributed by atoms with Gasteiger partial charge in [-0.2, -0.15) is 0 Å². The zero-order valence-electron chi connectivity index (χ0n) is 15.8. The molecule has 3 aromatic rings. The van der Waals surface area contributed by atoms with Crippen LogP contribution in [0.3, 0.4) is 0 Å². The summed E-state index contributed by atoms with van der Waals surface area (Å²) in [7, 11) is 3.04. The van der Waals surface area contributed by atoms with E-state index in [0.29, 0.717) is 28.0 Å². The Morgan fingerprint density at radius 2 is 1.70 bits per heavy atom. The van der Waals surface area contributed by atoms with Crippen molar-refractivity contribution in [3.63, 3.8) is 0 Å². The van der Waals surface area contributed by atoms with Gasteiger partial charge in [-0.05, 0) is 49.2 Å². The fourth-order valence-electron chi connectivity index (χ4n) is 3.08. The monoisotopic (exact) mass is 368 g/mol. The second-order valence-electron chi connectivity index (χ2n) is 6.21. The van der Waals surface area contributed by atoms with Crippen LogP contribution in [0, 0.1) is 13.8 Å². The summed E-state index contributed by atoms with van der Waals surface area (Å²) < 4.78 is 21.8. The number of ether oxygens (including phenoxy) is 3.